The van der Waals surface area contributed by atoms with Gasteiger partial charge in [0.1, 0.15) is 17.6 Å². The molecular formula is C24H23Br2NO5S. The van der Waals surface area contributed by atoms with Gasteiger partial charge in [0.2, 0.25) is 0 Å². The Hall–Kier alpha value is -2.20. The smallest absolute Gasteiger partial charge is 0.412 e. The van der Waals surface area contributed by atoms with Gasteiger partial charge in [-0.05, 0) is 70.7 Å². The van der Waals surface area contributed by atoms with Gasteiger partial charge in [-0.1, -0.05) is 34.1 Å². The summed E-state index contributed by atoms with van der Waals surface area (Å²) in [6, 6.07) is 19.7. The molecule has 0 aromatic heterocycles. The zero-order chi connectivity index (χ0) is 23.8. The predicted octanol–water partition coefficient (Wildman–Crippen LogP) is 6.76. The fraction of sp³-hybridized carbons (Fsp3) is 0.208. The van der Waals surface area contributed by atoms with Gasteiger partial charge in [0.25, 0.3) is 0 Å². The molecule has 3 rings (SSSR count). The second-order valence-electron chi connectivity index (χ2n) is 6.99. The van der Waals surface area contributed by atoms with Crippen molar-refractivity contribution in [1.29, 1.82) is 0 Å². The lowest BCUT2D eigenvalue weighted by Crippen LogP contribution is -2.32. The Bertz CT molecular complexity index is 1070. The van der Waals surface area contributed by atoms with E-state index in [0.717, 1.165) is 4.90 Å². The van der Waals surface area contributed by atoms with Crippen LogP contribution in [0.15, 0.2) is 80.6 Å². The number of nitrogens with one attached hydrogen (secondary N) is 1. The number of hydrogen-bond donors (Lipinski definition) is 3. The monoisotopic (exact) mass is 595 g/mol. The first-order valence-corrected chi connectivity index (χ1v) is 12.8. The number of anilines is 1. The van der Waals surface area contributed by atoms with Crippen molar-refractivity contribution in [3.63, 3.8) is 0 Å². The molecule has 0 unspecified atom stereocenters. The molecule has 0 aliphatic heterocycles. The van der Waals surface area contributed by atoms with E-state index in [1.807, 2.05) is 36.6 Å². The van der Waals surface area contributed by atoms with Crippen molar-refractivity contribution in [3.8, 4) is 11.5 Å². The molecule has 33 heavy (non-hydrogen) atoms. The van der Waals surface area contributed by atoms with E-state index in [9.17, 15) is 15.0 Å². The molecule has 0 aliphatic rings. The Balaban J connectivity index is 1.92. The van der Waals surface area contributed by atoms with Crippen LogP contribution in [0.2, 0.25) is 0 Å². The van der Waals surface area contributed by atoms with Gasteiger partial charge >= 0.3 is 6.09 Å². The van der Waals surface area contributed by atoms with Crippen LogP contribution in [0.4, 0.5) is 10.5 Å². The quantitative estimate of drug-likeness (QED) is 0.237. The van der Waals surface area contributed by atoms with E-state index in [1.165, 1.54) is 0 Å². The number of halogens is 2. The number of para-hydroxylation sites is 1. The normalized spacial score (nSPS) is 12.6. The molecule has 0 spiro atoms. The second kappa shape index (κ2) is 12.3. The summed E-state index contributed by atoms with van der Waals surface area (Å²) in [5.74, 6) is 0.464. The van der Waals surface area contributed by atoms with Crippen molar-refractivity contribution in [3.05, 3.63) is 81.2 Å². The molecule has 0 saturated heterocycles. The number of aliphatic hydroxyl groups is 1. The van der Waals surface area contributed by atoms with Crippen LogP contribution in [-0.2, 0) is 4.74 Å². The standard InChI is InChI=1S/C24H23Br2NO5S/c1-33-18-9-7-16(8-10-18)27-24(30)32-23(19-13-15(25)14-20(26)22(19)29)21(11-12-28)31-17-5-3-2-4-6-17/h2-10,13-14,21,23,28-29H,11-12H2,1H3,(H,27,30)/t21-,23-/m0/s1. The highest BCUT2D eigenvalue weighted by atomic mass is 79.9. The summed E-state index contributed by atoms with van der Waals surface area (Å²) in [5.41, 5.74) is 0.900. The van der Waals surface area contributed by atoms with Crippen molar-refractivity contribution in [2.75, 3.05) is 18.2 Å². The van der Waals surface area contributed by atoms with Crippen LogP contribution in [0.1, 0.15) is 18.1 Å². The molecule has 0 aliphatic carbocycles. The fourth-order valence-electron chi connectivity index (χ4n) is 3.15. The minimum atomic E-state index is -1.02. The largest absolute Gasteiger partial charge is 0.506 e. The van der Waals surface area contributed by atoms with Gasteiger partial charge in [0.05, 0.1) is 4.47 Å². The number of hydrogen-bond acceptors (Lipinski definition) is 6. The molecule has 0 bridgehead atoms. The Morgan fingerprint density at radius 2 is 1.79 bits per heavy atom. The zero-order valence-electron chi connectivity index (χ0n) is 17.7. The van der Waals surface area contributed by atoms with Crippen LogP contribution in [-0.4, -0.2) is 35.3 Å². The number of phenols is 1. The number of carbonyl (C=O) groups excluding carboxylic acids is 1. The highest BCUT2D eigenvalue weighted by Crippen LogP contribution is 2.39. The summed E-state index contributed by atoms with van der Waals surface area (Å²) in [5, 5.41) is 23.1. The molecule has 0 radical (unpaired) electrons. The van der Waals surface area contributed by atoms with E-state index in [1.54, 1.807) is 48.2 Å². The number of thioether (sulfide) groups is 1. The van der Waals surface area contributed by atoms with Crippen LogP contribution in [0.5, 0.6) is 11.5 Å². The van der Waals surface area contributed by atoms with Crippen molar-refractivity contribution < 1.29 is 24.5 Å². The lowest BCUT2D eigenvalue weighted by Gasteiger charge is -2.28. The Morgan fingerprint density at radius 3 is 2.42 bits per heavy atom. The van der Waals surface area contributed by atoms with E-state index in [0.29, 0.717) is 25.9 Å². The molecule has 0 saturated carbocycles. The third-order valence-corrected chi connectivity index (χ3v) is 6.52. The molecular weight excluding hydrogens is 574 g/mol. The average molecular weight is 597 g/mol. The van der Waals surface area contributed by atoms with E-state index in [4.69, 9.17) is 9.47 Å². The third-order valence-electron chi connectivity index (χ3n) is 4.72. The number of ether oxygens (including phenoxy) is 2. The maximum Gasteiger partial charge on any atom is 0.412 e. The van der Waals surface area contributed by atoms with Crippen molar-refractivity contribution in [2.24, 2.45) is 0 Å². The van der Waals surface area contributed by atoms with E-state index in [-0.39, 0.29) is 18.8 Å². The molecule has 0 heterocycles. The first-order chi connectivity index (χ1) is 15.9. The number of phenolic OH excluding ortho intramolecular Hbond substituents is 1. The molecule has 9 heteroatoms. The van der Waals surface area contributed by atoms with Crippen LogP contribution in [0.25, 0.3) is 0 Å². The zero-order valence-corrected chi connectivity index (χ0v) is 21.7. The lowest BCUT2D eigenvalue weighted by atomic mass is 10.0. The van der Waals surface area contributed by atoms with Crippen LogP contribution in [0, 0.1) is 0 Å². The molecule has 3 aromatic carbocycles. The summed E-state index contributed by atoms with van der Waals surface area (Å²) in [4.78, 5) is 13.9. The first kappa shape index (κ1) is 25.4. The SMILES string of the molecule is CSc1ccc(NC(=O)O[C@@H](c2cc(Br)cc(Br)c2O)[C@H](CCO)Oc2ccccc2)cc1. The summed E-state index contributed by atoms with van der Waals surface area (Å²) in [6.45, 7) is -0.203. The molecule has 6 nitrogen and oxygen atoms in total. The van der Waals surface area contributed by atoms with Crippen molar-refractivity contribution in [1.82, 2.24) is 0 Å². The summed E-state index contributed by atoms with van der Waals surface area (Å²) in [6.07, 6.45) is -0.366. The van der Waals surface area contributed by atoms with Gasteiger partial charge in [-0.3, -0.25) is 5.32 Å². The van der Waals surface area contributed by atoms with Crippen LogP contribution in [0.3, 0.4) is 0 Å². The molecule has 174 valence electrons. The minimum absolute atomic E-state index is 0.0834. The molecule has 3 aromatic rings. The number of aromatic hydroxyl groups is 1. The molecule has 3 N–H and O–H groups in total. The maximum atomic E-state index is 12.8. The lowest BCUT2D eigenvalue weighted by molar-refractivity contribution is 0.00792. The number of rotatable bonds is 9. The second-order valence-corrected chi connectivity index (χ2v) is 9.64. The number of aliphatic hydroxyl groups excluding tert-OH is 1. The van der Waals surface area contributed by atoms with Crippen molar-refractivity contribution in [2.45, 2.75) is 23.5 Å². The van der Waals surface area contributed by atoms with Crippen molar-refractivity contribution >= 4 is 55.4 Å². The molecule has 0 fully saturated rings. The fourth-order valence-corrected chi connectivity index (χ4v) is 4.82. The van der Waals surface area contributed by atoms with E-state index in [2.05, 4.69) is 37.2 Å². The van der Waals surface area contributed by atoms with Gasteiger partial charge in [0.15, 0.2) is 6.10 Å². The topological polar surface area (TPSA) is 88.0 Å². The maximum absolute atomic E-state index is 12.8. The average Bonchev–Trinajstić information content (AvgIpc) is 2.81. The highest BCUT2D eigenvalue weighted by molar-refractivity contribution is 9.11. The van der Waals surface area contributed by atoms with Gasteiger partial charge in [-0.2, -0.15) is 0 Å². The Morgan fingerprint density at radius 1 is 1.09 bits per heavy atom. The number of benzene rings is 3. The Labute approximate surface area is 213 Å². The van der Waals surface area contributed by atoms with E-state index >= 15 is 0 Å². The van der Waals surface area contributed by atoms with Crippen LogP contribution < -0.4 is 10.1 Å². The van der Waals surface area contributed by atoms with Gasteiger partial charge in [-0.25, -0.2) is 4.79 Å². The molecule has 1 amide bonds. The predicted molar refractivity (Wildman–Crippen MR) is 137 cm³/mol. The van der Waals surface area contributed by atoms with Gasteiger partial charge < -0.3 is 19.7 Å². The summed E-state index contributed by atoms with van der Waals surface area (Å²) < 4.78 is 13.0. The molecule has 2 atom stereocenters. The minimum Gasteiger partial charge on any atom is -0.506 e. The van der Waals surface area contributed by atoms with Gasteiger partial charge in [-0.15, -0.1) is 11.8 Å². The van der Waals surface area contributed by atoms with Gasteiger partial charge in [0, 0.05) is 33.6 Å². The first-order valence-electron chi connectivity index (χ1n) is 10.0. The summed E-state index contributed by atoms with van der Waals surface area (Å²) >= 11 is 8.34. The third kappa shape index (κ3) is 7.14. The number of carbonyl (C=O) groups is 1. The number of amides is 1. The Kier molecular flexibility index (Phi) is 9.49. The van der Waals surface area contributed by atoms with E-state index < -0.39 is 18.3 Å². The summed E-state index contributed by atoms with van der Waals surface area (Å²) in [7, 11) is 0. The highest BCUT2D eigenvalue weighted by Gasteiger charge is 2.32. The van der Waals surface area contributed by atoms with Crippen LogP contribution >= 0.6 is 43.6 Å².